The van der Waals surface area contributed by atoms with Crippen LogP contribution in [0.2, 0.25) is 0 Å². The van der Waals surface area contributed by atoms with Crippen molar-refractivity contribution in [3.63, 3.8) is 0 Å². The largest absolute Gasteiger partial charge is 0.345 e. The van der Waals surface area contributed by atoms with Gasteiger partial charge >= 0.3 is 0 Å². The van der Waals surface area contributed by atoms with Gasteiger partial charge in [-0.3, -0.25) is 0 Å². The third kappa shape index (κ3) is 2.66. The molecule has 1 aromatic carbocycles. The van der Waals surface area contributed by atoms with Crippen molar-refractivity contribution < 1.29 is 13.2 Å². The highest BCUT2D eigenvalue weighted by Crippen LogP contribution is 2.27. The van der Waals surface area contributed by atoms with Crippen LogP contribution in [0.15, 0.2) is 30.3 Å². The molecule has 0 saturated carbocycles. The fourth-order valence-corrected chi connectivity index (χ4v) is 1.93. The summed E-state index contributed by atoms with van der Waals surface area (Å²) in [6.45, 7) is 0. The molecule has 0 aliphatic heterocycles. The van der Waals surface area contributed by atoms with Crippen molar-refractivity contribution in [1.82, 2.24) is 4.98 Å². The van der Waals surface area contributed by atoms with Crippen LogP contribution in [-0.2, 0) is 0 Å². The second kappa shape index (κ2) is 5.24. The van der Waals surface area contributed by atoms with Crippen LogP contribution in [0, 0.1) is 21.8 Å². The summed E-state index contributed by atoms with van der Waals surface area (Å²) in [5, 5.41) is 8.83. The van der Waals surface area contributed by atoms with Crippen LogP contribution in [0.5, 0.6) is 0 Å². The van der Waals surface area contributed by atoms with E-state index in [1.165, 1.54) is 24.3 Å². The number of nitrogens with one attached hydrogen (secondary N) is 1. The molecule has 0 fully saturated rings. The SMILES string of the molecule is N#Cc1c(C(F)F)cc(-c2ccc(F)cc2)[nH]c1=S. The van der Waals surface area contributed by atoms with E-state index in [4.69, 9.17) is 17.5 Å². The molecular weight excluding hydrogens is 273 g/mol. The van der Waals surface area contributed by atoms with Gasteiger partial charge in [0.25, 0.3) is 6.43 Å². The molecule has 0 spiro atoms. The first-order valence-corrected chi connectivity index (χ1v) is 5.65. The molecule has 96 valence electrons. The molecule has 0 radical (unpaired) electrons. The van der Waals surface area contributed by atoms with Crippen molar-refractivity contribution in [2.45, 2.75) is 6.43 Å². The Morgan fingerprint density at radius 2 is 1.84 bits per heavy atom. The Labute approximate surface area is 112 Å². The van der Waals surface area contributed by atoms with Gasteiger partial charge in [-0.2, -0.15) is 5.26 Å². The number of benzene rings is 1. The Hall–Kier alpha value is -2.13. The molecule has 6 heteroatoms. The molecule has 0 aliphatic carbocycles. The highest BCUT2D eigenvalue weighted by molar-refractivity contribution is 7.71. The number of hydrogen-bond donors (Lipinski definition) is 1. The lowest BCUT2D eigenvalue weighted by molar-refractivity contribution is 0.151. The Bertz CT molecular complexity index is 699. The molecule has 1 aromatic heterocycles. The number of halogens is 3. The average Bonchev–Trinajstić information content (AvgIpc) is 2.38. The minimum atomic E-state index is -2.80. The molecule has 0 unspecified atom stereocenters. The smallest absolute Gasteiger partial charge is 0.265 e. The Morgan fingerprint density at radius 1 is 1.21 bits per heavy atom. The highest BCUT2D eigenvalue weighted by Gasteiger charge is 2.16. The van der Waals surface area contributed by atoms with Crippen LogP contribution in [0.3, 0.4) is 0 Å². The number of rotatable bonds is 2. The second-order valence-corrected chi connectivity index (χ2v) is 4.17. The van der Waals surface area contributed by atoms with Crippen molar-refractivity contribution >= 4 is 12.2 Å². The van der Waals surface area contributed by atoms with Gasteiger partial charge in [0.05, 0.1) is 5.56 Å². The van der Waals surface area contributed by atoms with E-state index in [1.54, 1.807) is 6.07 Å². The van der Waals surface area contributed by atoms with Gasteiger partial charge in [-0.25, -0.2) is 13.2 Å². The number of H-pyrrole nitrogens is 1. The van der Waals surface area contributed by atoms with Gasteiger partial charge in [0, 0.05) is 11.3 Å². The van der Waals surface area contributed by atoms with E-state index < -0.39 is 17.8 Å². The predicted molar refractivity (Wildman–Crippen MR) is 66.7 cm³/mol. The van der Waals surface area contributed by atoms with Gasteiger partial charge in [0.2, 0.25) is 0 Å². The lowest BCUT2D eigenvalue weighted by Gasteiger charge is -2.08. The summed E-state index contributed by atoms with van der Waals surface area (Å²) in [6, 6.07) is 8.13. The zero-order chi connectivity index (χ0) is 14.0. The maximum atomic E-state index is 12.9. The van der Waals surface area contributed by atoms with E-state index >= 15 is 0 Å². The first kappa shape index (κ1) is 13.3. The lowest BCUT2D eigenvalue weighted by Crippen LogP contribution is -1.96. The average molecular weight is 280 g/mol. The van der Waals surface area contributed by atoms with Gasteiger partial charge in [-0.15, -0.1) is 0 Å². The summed E-state index contributed by atoms with van der Waals surface area (Å²) >= 11 is 4.89. The Morgan fingerprint density at radius 3 is 2.37 bits per heavy atom. The normalized spacial score (nSPS) is 10.5. The van der Waals surface area contributed by atoms with Crippen LogP contribution >= 0.6 is 12.2 Å². The summed E-state index contributed by atoms with van der Waals surface area (Å²) in [7, 11) is 0. The van der Waals surface area contributed by atoms with E-state index in [9.17, 15) is 13.2 Å². The van der Waals surface area contributed by atoms with E-state index in [0.717, 1.165) is 6.07 Å². The third-order valence-corrected chi connectivity index (χ3v) is 2.87. The van der Waals surface area contributed by atoms with Crippen LogP contribution in [0.4, 0.5) is 13.2 Å². The van der Waals surface area contributed by atoms with Crippen molar-refractivity contribution in [2.75, 3.05) is 0 Å². The predicted octanol–water partition coefficient (Wildman–Crippen LogP) is 4.36. The number of aromatic nitrogens is 1. The third-order valence-electron chi connectivity index (χ3n) is 2.57. The number of nitrogens with zero attached hydrogens (tertiary/aromatic N) is 1. The number of alkyl halides is 2. The molecule has 0 saturated heterocycles. The Kier molecular flexibility index (Phi) is 3.67. The molecule has 2 aromatic rings. The van der Waals surface area contributed by atoms with Crippen LogP contribution in [-0.4, -0.2) is 4.98 Å². The van der Waals surface area contributed by atoms with Gasteiger partial charge in [-0.05, 0) is 35.9 Å². The van der Waals surface area contributed by atoms with Gasteiger partial charge in [0.15, 0.2) is 0 Å². The summed E-state index contributed by atoms with van der Waals surface area (Å²) < 4.78 is 38.5. The molecule has 0 aliphatic rings. The molecule has 0 bridgehead atoms. The van der Waals surface area contributed by atoms with E-state index in [2.05, 4.69) is 4.98 Å². The standard InChI is InChI=1S/C13H7F3N2S/c14-8-3-1-7(2-4-8)11-5-9(12(15)16)10(6-17)13(19)18-11/h1-5,12H,(H,18,19). The zero-order valence-corrected chi connectivity index (χ0v) is 10.3. The van der Waals surface area contributed by atoms with E-state index in [-0.39, 0.29) is 10.2 Å². The zero-order valence-electron chi connectivity index (χ0n) is 9.45. The number of pyridine rings is 1. The van der Waals surface area contributed by atoms with E-state index in [0.29, 0.717) is 11.3 Å². The summed E-state index contributed by atoms with van der Waals surface area (Å²) in [5.41, 5.74) is 0.166. The molecule has 0 amide bonds. The molecule has 2 nitrogen and oxygen atoms in total. The molecule has 2 rings (SSSR count). The van der Waals surface area contributed by atoms with Crippen molar-refractivity contribution in [1.29, 1.82) is 5.26 Å². The minimum absolute atomic E-state index is 0.0559. The van der Waals surface area contributed by atoms with Crippen molar-refractivity contribution in [3.05, 3.63) is 51.9 Å². The Balaban J connectivity index is 2.64. The van der Waals surface area contributed by atoms with Crippen molar-refractivity contribution in [3.8, 4) is 17.3 Å². The highest BCUT2D eigenvalue weighted by atomic mass is 32.1. The second-order valence-electron chi connectivity index (χ2n) is 3.76. The molecule has 1 N–H and O–H groups in total. The van der Waals surface area contributed by atoms with Crippen LogP contribution < -0.4 is 0 Å². The first-order valence-electron chi connectivity index (χ1n) is 5.24. The van der Waals surface area contributed by atoms with E-state index in [1.807, 2.05) is 0 Å². The maximum absolute atomic E-state index is 12.9. The summed E-state index contributed by atoms with van der Waals surface area (Å²) in [5.74, 6) is -0.426. The topological polar surface area (TPSA) is 39.6 Å². The fourth-order valence-electron chi connectivity index (χ4n) is 1.65. The number of aromatic amines is 1. The number of nitriles is 1. The molecule has 1 heterocycles. The van der Waals surface area contributed by atoms with Crippen LogP contribution in [0.1, 0.15) is 17.6 Å². The molecular formula is C13H7F3N2S. The number of hydrogen-bond acceptors (Lipinski definition) is 2. The molecule has 0 atom stereocenters. The molecule has 19 heavy (non-hydrogen) atoms. The lowest BCUT2D eigenvalue weighted by atomic mass is 10.1. The monoisotopic (exact) mass is 280 g/mol. The quantitative estimate of drug-likeness (QED) is 0.830. The van der Waals surface area contributed by atoms with Crippen LogP contribution in [0.25, 0.3) is 11.3 Å². The summed E-state index contributed by atoms with van der Waals surface area (Å²) in [4.78, 5) is 2.69. The van der Waals surface area contributed by atoms with Gasteiger partial charge in [0.1, 0.15) is 16.5 Å². The fraction of sp³-hybridized carbons (Fsp3) is 0.0769. The van der Waals surface area contributed by atoms with Crippen molar-refractivity contribution in [2.24, 2.45) is 0 Å². The minimum Gasteiger partial charge on any atom is -0.345 e. The van der Waals surface area contributed by atoms with Gasteiger partial charge in [-0.1, -0.05) is 12.2 Å². The maximum Gasteiger partial charge on any atom is 0.265 e. The first-order chi connectivity index (χ1) is 9.02. The summed E-state index contributed by atoms with van der Waals surface area (Å²) in [6.07, 6.45) is -2.80. The van der Waals surface area contributed by atoms with Gasteiger partial charge < -0.3 is 4.98 Å².